The standard InChI is InChI=1S/C19H20N2O2/c1-3-4-11-21-18(22)13-17(16-9-6-10-20-19(16)21)14-7-5-8-15(12-14)23-2/h5-10,12-13H,3-4,11H2,1-2H3. The number of methoxy groups -OCH3 is 1. The van der Waals surface area contributed by atoms with Gasteiger partial charge in [0.25, 0.3) is 5.56 Å². The first kappa shape index (κ1) is 15.3. The molecular weight excluding hydrogens is 288 g/mol. The highest BCUT2D eigenvalue weighted by atomic mass is 16.5. The smallest absolute Gasteiger partial charge is 0.252 e. The van der Waals surface area contributed by atoms with Crippen molar-refractivity contribution in [3.05, 3.63) is 59.0 Å². The van der Waals surface area contributed by atoms with Gasteiger partial charge in [0.15, 0.2) is 0 Å². The third-order valence-corrected chi connectivity index (χ3v) is 3.98. The lowest BCUT2D eigenvalue weighted by atomic mass is 10.0. The molecule has 23 heavy (non-hydrogen) atoms. The van der Waals surface area contributed by atoms with Crippen molar-refractivity contribution in [3.8, 4) is 16.9 Å². The highest BCUT2D eigenvalue weighted by Gasteiger charge is 2.11. The molecule has 0 amide bonds. The van der Waals surface area contributed by atoms with E-state index in [2.05, 4.69) is 11.9 Å². The zero-order valence-electron chi connectivity index (χ0n) is 13.5. The first-order chi connectivity index (χ1) is 11.2. The van der Waals surface area contributed by atoms with Gasteiger partial charge in [0.05, 0.1) is 7.11 Å². The van der Waals surface area contributed by atoms with E-state index in [4.69, 9.17) is 4.74 Å². The Labute approximate surface area is 135 Å². The summed E-state index contributed by atoms with van der Waals surface area (Å²) in [5.41, 5.74) is 2.58. The second kappa shape index (κ2) is 6.65. The van der Waals surface area contributed by atoms with Gasteiger partial charge in [-0.05, 0) is 41.8 Å². The summed E-state index contributed by atoms with van der Waals surface area (Å²) in [4.78, 5) is 17.0. The molecule has 0 aliphatic carbocycles. The highest BCUT2D eigenvalue weighted by molar-refractivity contribution is 5.92. The Morgan fingerprint density at radius 3 is 2.83 bits per heavy atom. The number of fused-ring (bicyclic) bond motifs is 1. The van der Waals surface area contributed by atoms with Crippen molar-refractivity contribution >= 4 is 11.0 Å². The number of hydrogen-bond acceptors (Lipinski definition) is 3. The van der Waals surface area contributed by atoms with Crippen molar-refractivity contribution in [1.82, 2.24) is 9.55 Å². The maximum Gasteiger partial charge on any atom is 0.252 e. The van der Waals surface area contributed by atoms with Crippen LogP contribution in [0.15, 0.2) is 53.5 Å². The van der Waals surface area contributed by atoms with E-state index in [1.165, 1.54) is 0 Å². The van der Waals surface area contributed by atoms with Crippen LogP contribution in [0.5, 0.6) is 5.75 Å². The van der Waals surface area contributed by atoms with Crippen molar-refractivity contribution < 1.29 is 4.74 Å². The highest BCUT2D eigenvalue weighted by Crippen LogP contribution is 2.28. The molecule has 0 aliphatic rings. The van der Waals surface area contributed by atoms with Gasteiger partial charge in [-0.25, -0.2) is 4.98 Å². The van der Waals surface area contributed by atoms with Gasteiger partial charge in [-0.15, -0.1) is 0 Å². The molecule has 2 aromatic heterocycles. The maximum atomic E-state index is 12.6. The van der Waals surface area contributed by atoms with E-state index in [0.29, 0.717) is 6.54 Å². The molecule has 0 fully saturated rings. The van der Waals surface area contributed by atoms with Gasteiger partial charge >= 0.3 is 0 Å². The number of unbranched alkanes of at least 4 members (excludes halogenated alkanes) is 1. The van der Waals surface area contributed by atoms with Gasteiger partial charge in [-0.2, -0.15) is 0 Å². The second-order valence-corrected chi connectivity index (χ2v) is 5.51. The summed E-state index contributed by atoms with van der Waals surface area (Å²) in [7, 11) is 1.64. The molecule has 0 spiro atoms. The van der Waals surface area contributed by atoms with Gasteiger partial charge in [0.1, 0.15) is 11.4 Å². The molecular formula is C19H20N2O2. The molecule has 3 aromatic rings. The average Bonchev–Trinajstić information content (AvgIpc) is 2.60. The van der Waals surface area contributed by atoms with Crippen molar-refractivity contribution in [2.24, 2.45) is 0 Å². The lowest BCUT2D eigenvalue weighted by Gasteiger charge is -2.13. The minimum Gasteiger partial charge on any atom is -0.497 e. The summed E-state index contributed by atoms with van der Waals surface area (Å²) in [6.45, 7) is 2.81. The van der Waals surface area contributed by atoms with E-state index in [0.717, 1.165) is 40.8 Å². The minimum atomic E-state index is -0.0116. The topological polar surface area (TPSA) is 44.1 Å². The monoisotopic (exact) mass is 308 g/mol. The zero-order chi connectivity index (χ0) is 16.2. The summed E-state index contributed by atoms with van der Waals surface area (Å²) in [6, 6.07) is 13.4. The SMILES string of the molecule is CCCCn1c(=O)cc(-c2cccc(OC)c2)c2cccnc21. The Bertz CT molecular complexity index is 884. The van der Waals surface area contributed by atoms with E-state index in [-0.39, 0.29) is 5.56 Å². The van der Waals surface area contributed by atoms with Gasteiger partial charge in [0, 0.05) is 24.2 Å². The van der Waals surface area contributed by atoms with Crippen LogP contribution in [0.2, 0.25) is 0 Å². The number of hydrogen-bond donors (Lipinski definition) is 0. The summed E-state index contributed by atoms with van der Waals surface area (Å²) in [5, 5.41) is 0.983. The summed E-state index contributed by atoms with van der Waals surface area (Å²) in [5.74, 6) is 0.773. The molecule has 0 radical (unpaired) electrons. The first-order valence-corrected chi connectivity index (χ1v) is 7.87. The van der Waals surface area contributed by atoms with E-state index in [1.807, 2.05) is 36.4 Å². The molecule has 0 saturated heterocycles. The van der Waals surface area contributed by atoms with E-state index in [1.54, 1.807) is 23.9 Å². The fraction of sp³-hybridized carbons (Fsp3) is 0.263. The zero-order valence-corrected chi connectivity index (χ0v) is 13.5. The largest absolute Gasteiger partial charge is 0.497 e. The molecule has 0 bridgehead atoms. The van der Waals surface area contributed by atoms with Crippen LogP contribution >= 0.6 is 0 Å². The van der Waals surface area contributed by atoms with Crippen LogP contribution < -0.4 is 10.3 Å². The van der Waals surface area contributed by atoms with Gasteiger partial charge in [-0.1, -0.05) is 25.5 Å². The minimum absolute atomic E-state index is 0.0116. The summed E-state index contributed by atoms with van der Waals surface area (Å²) in [6.07, 6.45) is 3.74. The normalized spacial score (nSPS) is 10.9. The third-order valence-electron chi connectivity index (χ3n) is 3.98. The van der Waals surface area contributed by atoms with Crippen LogP contribution in [0.3, 0.4) is 0 Å². The number of aromatic nitrogens is 2. The van der Waals surface area contributed by atoms with Crippen LogP contribution in [-0.2, 0) is 6.54 Å². The van der Waals surface area contributed by atoms with Crippen molar-refractivity contribution in [2.75, 3.05) is 7.11 Å². The molecule has 0 N–H and O–H groups in total. The molecule has 4 heteroatoms. The Kier molecular flexibility index (Phi) is 4.42. The number of rotatable bonds is 5. The molecule has 0 unspecified atom stereocenters. The third kappa shape index (κ3) is 2.97. The van der Waals surface area contributed by atoms with Crippen LogP contribution in [0, 0.1) is 0 Å². The lowest BCUT2D eigenvalue weighted by Crippen LogP contribution is -2.21. The maximum absolute atomic E-state index is 12.6. The van der Waals surface area contributed by atoms with E-state index < -0.39 is 0 Å². The summed E-state index contributed by atoms with van der Waals surface area (Å²) < 4.78 is 7.06. The first-order valence-electron chi connectivity index (χ1n) is 7.87. The number of pyridine rings is 2. The molecule has 3 rings (SSSR count). The predicted molar refractivity (Wildman–Crippen MR) is 92.9 cm³/mol. The van der Waals surface area contributed by atoms with E-state index in [9.17, 15) is 4.79 Å². The molecule has 1 aromatic carbocycles. The number of nitrogens with zero attached hydrogens (tertiary/aromatic N) is 2. The number of ether oxygens (including phenoxy) is 1. The Morgan fingerprint density at radius 1 is 1.17 bits per heavy atom. The van der Waals surface area contributed by atoms with Gasteiger partial charge in [0.2, 0.25) is 0 Å². The molecule has 0 atom stereocenters. The predicted octanol–water partition coefficient (Wildman–Crippen LogP) is 3.87. The van der Waals surface area contributed by atoms with Gasteiger partial charge < -0.3 is 4.74 Å². The second-order valence-electron chi connectivity index (χ2n) is 5.51. The molecule has 2 heterocycles. The lowest BCUT2D eigenvalue weighted by molar-refractivity contribution is 0.415. The Hall–Kier alpha value is -2.62. The van der Waals surface area contributed by atoms with E-state index >= 15 is 0 Å². The molecule has 4 nitrogen and oxygen atoms in total. The average molecular weight is 308 g/mol. The van der Waals surface area contributed by atoms with Crippen molar-refractivity contribution in [2.45, 2.75) is 26.3 Å². The number of aryl methyl sites for hydroxylation is 1. The Balaban J connectivity index is 2.24. The van der Waals surface area contributed by atoms with Crippen LogP contribution in [-0.4, -0.2) is 16.7 Å². The molecule has 0 aliphatic heterocycles. The van der Waals surface area contributed by atoms with Crippen molar-refractivity contribution in [1.29, 1.82) is 0 Å². The quantitative estimate of drug-likeness (QED) is 0.718. The van der Waals surface area contributed by atoms with Crippen molar-refractivity contribution in [3.63, 3.8) is 0 Å². The fourth-order valence-electron chi connectivity index (χ4n) is 2.77. The summed E-state index contributed by atoms with van der Waals surface area (Å²) >= 11 is 0. The number of benzene rings is 1. The molecule has 118 valence electrons. The van der Waals surface area contributed by atoms with Gasteiger partial charge in [-0.3, -0.25) is 9.36 Å². The van der Waals surface area contributed by atoms with Crippen LogP contribution in [0.25, 0.3) is 22.2 Å². The fourth-order valence-corrected chi connectivity index (χ4v) is 2.77. The van der Waals surface area contributed by atoms with Crippen LogP contribution in [0.1, 0.15) is 19.8 Å². The Morgan fingerprint density at radius 2 is 2.04 bits per heavy atom. The molecule has 0 saturated carbocycles. The van der Waals surface area contributed by atoms with Crippen LogP contribution in [0.4, 0.5) is 0 Å².